The van der Waals surface area contributed by atoms with Crippen LogP contribution in [-0.2, 0) is 4.79 Å². The number of likely N-dealkylation sites (N-methyl/N-ethyl adjacent to an activating group) is 1. The molecule has 0 saturated heterocycles. The van der Waals surface area contributed by atoms with E-state index in [2.05, 4.69) is 24.3 Å². The van der Waals surface area contributed by atoms with E-state index in [1.807, 2.05) is 0 Å². The molecule has 3 N–H and O–H groups in total. The molecule has 2 rings (SSSR count). The van der Waals surface area contributed by atoms with Gasteiger partial charge in [-0.1, -0.05) is 44.9 Å². The number of nitrogens with one attached hydrogen (secondary N) is 1. The van der Waals surface area contributed by atoms with Gasteiger partial charge in [0.05, 0.1) is 6.04 Å². The molecule has 22 heavy (non-hydrogen) atoms. The molecule has 0 aromatic carbocycles. The van der Waals surface area contributed by atoms with Crippen LogP contribution in [0.5, 0.6) is 0 Å². The summed E-state index contributed by atoms with van der Waals surface area (Å²) < 4.78 is 0. The van der Waals surface area contributed by atoms with Gasteiger partial charge in [-0.3, -0.25) is 4.79 Å². The van der Waals surface area contributed by atoms with E-state index < -0.39 is 0 Å². The number of halogens is 1. The largest absolute Gasteiger partial charge is 0.353 e. The molecule has 0 heterocycles. The van der Waals surface area contributed by atoms with Gasteiger partial charge in [0, 0.05) is 12.1 Å². The van der Waals surface area contributed by atoms with Gasteiger partial charge < -0.3 is 16.0 Å². The van der Waals surface area contributed by atoms with Crippen LogP contribution in [0.15, 0.2) is 0 Å². The highest BCUT2D eigenvalue weighted by atomic mass is 35.5. The summed E-state index contributed by atoms with van der Waals surface area (Å²) in [6.07, 6.45) is 12.2. The molecule has 2 aliphatic carbocycles. The lowest BCUT2D eigenvalue weighted by Gasteiger charge is -2.37. The molecular weight excluding hydrogens is 298 g/mol. The van der Waals surface area contributed by atoms with Crippen LogP contribution in [0, 0.1) is 5.92 Å². The maximum atomic E-state index is 12.3. The van der Waals surface area contributed by atoms with E-state index in [1.165, 1.54) is 57.8 Å². The van der Waals surface area contributed by atoms with Crippen LogP contribution in [-0.4, -0.2) is 43.0 Å². The Hall–Kier alpha value is -0.320. The Morgan fingerprint density at radius 2 is 1.77 bits per heavy atom. The van der Waals surface area contributed by atoms with E-state index in [1.54, 1.807) is 0 Å². The molecule has 2 aliphatic rings. The van der Waals surface area contributed by atoms with Gasteiger partial charge in [0.25, 0.3) is 0 Å². The molecule has 1 unspecified atom stereocenters. The van der Waals surface area contributed by atoms with Crippen LogP contribution in [0.2, 0.25) is 0 Å². The Kier molecular flexibility index (Phi) is 8.15. The van der Waals surface area contributed by atoms with Crippen molar-refractivity contribution in [3.05, 3.63) is 0 Å². The lowest BCUT2D eigenvalue weighted by Crippen LogP contribution is -2.53. The van der Waals surface area contributed by atoms with Gasteiger partial charge in [-0.25, -0.2) is 0 Å². The van der Waals surface area contributed by atoms with Gasteiger partial charge >= 0.3 is 0 Å². The van der Waals surface area contributed by atoms with Gasteiger partial charge in [-0.05, 0) is 39.3 Å². The minimum atomic E-state index is -0.325. The zero-order valence-corrected chi connectivity index (χ0v) is 15.1. The fourth-order valence-electron chi connectivity index (χ4n) is 4.09. The van der Waals surface area contributed by atoms with E-state index in [9.17, 15) is 4.79 Å². The molecule has 0 aromatic rings. The number of rotatable bonds is 6. The van der Waals surface area contributed by atoms with E-state index >= 15 is 0 Å². The number of carbonyl (C=O) groups is 1. The van der Waals surface area contributed by atoms with Gasteiger partial charge in [0.2, 0.25) is 5.91 Å². The predicted octanol–water partition coefficient (Wildman–Crippen LogP) is 2.70. The molecule has 0 aliphatic heterocycles. The van der Waals surface area contributed by atoms with Gasteiger partial charge in [-0.15, -0.1) is 12.4 Å². The summed E-state index contributed by atoms with van der Waals surface area (Å²) >= 11 is 0. The third-order valence-corrected chi connectivity index (χ3v) is 5.72. The summed E-state index contributed by atoms with van der Waals surface area (Å²) in [4.78, 5) is 14.6. The quantitative estimate of drug-likeness (QED) is 0.786. The van der Waals surface area contributed by atoms with Crippen molar-refractivity contribution in [2.24, 2.45) is 11.7 Å². The second-order valence-electron chi connectivity index (χ2n) is 7.39. The van der Waals surface area contributed by atoms with E-state index in [-0.39, 0.29) is 29.9 Å². The molecule has 0 radical (unpaired) electrons. The second kappa shape index (κ2) is 9.09. The number of carbonyl (C=O) groups excluding carboxylic acids is 1. The van der Waals surface area contributed by atoms with Crippen molar-refractivity contribution in [2.75, 3.05) is 20.6 Å². The maximum absolute atomic E-state index is 12.3. The molecule has 2 fully saturated rings. The lowest BCUT2D eigenvalue weighted by molar-refractivity contribution is -0.123. The Bertz CT molecular complexity index is 337. The molecule has 130 valence electrons. The van der Waals surface area contributed by atoms with Crippen LogP contribution in [0.4, 0.5) is 0 Å². The van der Waals surface area contributed by atoms with Crippen molar-refractivity contribution in [1.29, 1.82) is 0 Å². The van der Waals surface area contributed by atoms with Crippen molar-refractivity contribution in [3.8, 4) is 0 Å². The van der Waals surface area contributed by atoms with Crippen LogP contribution in [0.25, 0.3) is 0 Å². The summed E-state index contributed by atoms with van der Waals surface area (Å²) in [7, 11) is 4.25. The van der Waals surface area contributed by atoms with Gasteiger partial charge in [0.15, 0.2) is 0 Å². The smallest absolute Gasteiger partial charge is 0.236 e. The summed E-state index contributed by atoms with van der Waals surface area (Å²) in [5.74, 6) is 0.711. The zero-order chi connectivity index (χ0) is 15.3. The average molecular weight is 332 g/mol. The topological polar surface area (TPSA) is 58.4 Å². The standard InChI is InChI=1S/C17H33N3O.ClH/c1-20(2)17(10-6-7-11-17)13-19-16(21)15(18)12-14-8-4-3-5-9-14;/h14-15H,3-13,18H2,1-2H3,(H,19,21);1H. The van der Waals surface area contributed by atoms with Crippen molar-refractivity contribution >= 4 is 18.3 Å². The summed E-state index contributed by atoms with van der Waals surface area (Å²) in [5.41, 5.74) is 6.28. The molecular formula is C17H34ClN3O. The van der Waals surface area contributed by atoms with Crippen molar-refractivity contribution in [1.82, 2.24) is 10.2 Å². The number of nitrogens with zero attached hydrogens (tertiary/aromatic N) is 1. The molecule has 0 spiro atoms. The Morgan fingerprint density at radius 3 is 2.32 bits per heavy atom. The first-order valence-corrected chi connectivity index (χ1v) is 8.74. The molecule has 1 atom stereocenters. The normalized spacial score (nSPS) is 23.1. The first-order valence-electron chi connectivity index (χ1n) is 8.74. The van der Waals surface area contributed by atoms with Gasteiger partial charge in [-0.2, -0.15) is 0 Å². The minimum absolute atomic E-state index is 0. The van der Waals surface area contributed by atoms with E-state index in [0.29, 0.717) is 5.92 Å². The van der Waals surface area contributed by atoms with Crippen LogP contribution in [0.3, 0.4) is 0 Å². The first kappa shape index (κ1) is 19.7. The van der Waals surface area contributed by atoms with Crippen LogP contribution >= 0.6 is 12.4 Å². The van der Waals surface area contributed by atoms with Crippen LogP contribution in [0.1, 0.15) is 64.2 Å². The summed E-state index contributed by atoms with van der Waals surface area (Å²) in [5, 5.41) is 3.13. The summed E-state index contributed by atoms with van der Waals surface area (Å²) in [6, 6.07) is -0.325. The predicted molar refractivity (Wildman–Crippen MR) is 94.3 cm³/mol. The average Bonchev–Trinajstić information content (AvgIpc) is 2.96. The number of hydrogen-bond donors (Lipinski definition) is 2. The van der Waals surface area contributed by atoms with Gasteiger partial charge in [0.1, 0.15) is 0 Å². The highest BCUT2D eigenvalue weighted by Gasteiger charge is 2.36. The third-order valence-electron chi connectivity index (χ3n) is 5.72. The van der Waals surface area contributed by atoms with E-state index in [0.717, 1.165) is 13.0 Å². The van der Waals surface area contributed by atoms with E-state index in [4.69, 9.17) is 5.73 Å². The lowest BCUT2D eigenvalue weighted by atomic mass is 9.85. The molecule has 1 amide bonds. The second-order valence-corrected chi connectivity index (χ2v) is 7.39. The Morgan fingerprint density at radius 1 is 1.18 bits per heavy atom. The monoisotopic (exact) mass is 331 g/mol. The fraction of sp³-hybridized carbons (Fsp3) is 0.941. The SMILES string of the molecule is CN(C)C1(CNC(=O)C(N)CC2CCCCC2)CCCC1.Cl. The molecule has 4 nitrogen and oxygen atoms in total. The number of nitrogens with two attached hydrogens (primary N) is 1. The third kappa shape index (κ3) is 5.10. The Labute approximate surface area is 142 Å². The van der Waals surface area contributed by atoms with Crippen LogP contribution < -0.4 is 11.1 Å². The van der Waals surface area contributed by atoms with Crippen molar-refractivity contribution < 1.29 is 4.79 Å². The Balaban J connectivity index is 0.00000242. The maximum Gasteiger partial charge on any atom is 0.236 e. The zero-order valence-electron chi connectivity index (χ0n) is 14.3. The molecule has 0 bridgehead atoms. The summed E-state index contributed by atoms with van der Waals surface area (Å²) in [6.45, 7) is 0.747. The first-order chi connectivity index (χ1) is 10.0. The fourth-order valence-corrected chi connectivity index (χ4v) is 4.09. The van der Waals surface area contributed by atoms with Crippen molar-refractivity contribution in [3.63, 3.8) is 0 Å². The highest BCUT2D eigenvalue weighted by Crippen LogP contribution is 2.33. The highest BCUT2D eigenvalue weighted by molar-refractivity contribution is 5.85. The molecule has 5 heteroatoms. The minimum Gasteiger partial charge on any atom is -0.353 e. The number of amides is 1. The molecule has 2 saturated carbocycles. The van der Waals surface area contributed by atoms with Crippen molar-refractivity contribution in [2.45, 2.75) is 75.8 Å². The number of hydrogen-bond acceptors (Lipinski definition) is 3. The molecule has 0 aromatic heterocycles.